The van der Waals surface area contributed by atoms with Gasteiger partial charge in [-0.25, -0.2) is 18.2 Å². The Hall–Kier alpha value is -4.66. The lowest BCUT2D eigenvalue weighted by molar-refractivity contribution is -0.134. The van der Waals surface area contributed by atoms with Crippen molar-refractivity contribution in [2.24, 2.45) is 5.92 Å². The highest BCUT2D eigenvalue weighted by Crippen LogP contribution is 2.50. The van der Waals surface area contributed by atoms with Gasteiger partial charge in [-0.2, -0.15) is 5.26 Å². The van der Waals surface area contributed by atoms with Gasteiger partial charge >= 0.3 is 0 Å². The van der Waals surface area contributed by atoms with Crippen molar-refractivity contribution in [2.75, 3.05) is 33.2 Å². The third-order valence-electron chi connectivity index (χ3n) is 12.6. The predicted octanol–water partition coefficient (Wildman–Crippen LogP) is 7.61. The van der Waals surface area contributed by atoms with Crippen molar-refractivity contribution < 1.29 is 22.7 Å². The molecule has 274 valence electrons. The topological polar surface area (TPSA) is 86.4 Å². The number of likely N-dealkylation sites (N-methyl/N-ethyl adjacent to an activating group) is 1. The van der Waals surface area contributed by atoms with Crippen molar-refractivity contribution in [1.82, 2.24) is 24.7 Å². The van der Waals surface area contributed by atoms with E-state index in [1.54, 1.807) is 25.1 Å². The molecule has 2 aromatic heterocycles. The number of pyridine rings is 1. The van der Waals surface area contributed by atoms with Gasteiger partial charge in [-0.1, -0.05) is 24.3 Å². The molecule has 10 rings (SSSR count). The minimum Gasteiger partial charge on any atom is -0.472 e. The van der Waals surface area contributed by atoms with Crippen molar-refractivity contribution in [3.05, 3.63) is 71.2 Å². The molecule has 5 aliphatic rings. The quantitative estimate of drug-likeness (QED) is 0.169. The first kappa shape index (κ1) is 34.1. The highest BCUT2D eigenvalue weighted by Gasteiger charge is 2.49. The molecule has 1 aliphatic carbocycles. The molecule has 8 nitrogen and oxygen atoms in total. The van der Waals surface area contributed by atoms with Gasteiger partial charge in [-0.15, -0.1) is 0 Å². The largest absolute Gasteiger partial charge is 0.472 e. The predicted molar refractivity (Wildman–Crippen MR) is 198 cm³/mol. The van der Waals surface area contributed by atoms with Crippen molar-refractivity contribution in [2.45, 2.75) is 82.5 Å². The number of halogens is 3. The summed E-state index contributed by atoms with van der Waals surface area (Å²) in [6.07, 6.45) is 4.68. The van der Waals surface area contributed by atoms with Crippen LogP contribution in [0.5, 0.6) is 5.88 Å². The normalized spacial score (nSPS) is 23.7. The molecule has 1 saturated carbocycles. The molecular formula is C42H43F3N6O2. The Kier molecular flexibility index (Phi) is 8.39. The van der Waals surface area contributed by atoms with Gasteiger partial charge < -0.3 is 19.5 Å². The van der Waals surface area contributed by atoms with Crippen molar-refractivity contribution in [3.63, 3.8) is 0 Å². The number of aromatic nitrogens is 2. The van der Waals surface area contributed by atoms with E-state index in [9.17, 15) is 14.4 Å². The third-order valence-corrected chi connectivity index (χ3v) is 12.6. The summed E-state index contributed by atoms with van der Waals surface area (Å²) in [5.41, 5.74) is 2.31. The molecule has 0 spiro atoms. The molecule has 5 fully saturated rings. The van der Waals surface area contributed by atoms with E-state index in [2.05, 4.69) is 34.0 Å². The van der Waals surface area contributed by atoms with Gasteiger partial charge in [0.15, 0.2) is 17.5 Å². The van der Waals surface area contributed by atoms with Gasteiger partial charge in [0.2, 0.25) is 11.8 Å². The molecule has 0 radical (unpaired) electrons. The zero-order valence-corrected chi connectivity index (χ0v) is 30.3. The number of carbonyl (C=O) groups excluding carboxylic acids is 1. The SMILES string of the molecule is CC(C#N)c1cc2c(nc(O[C@@H](C)[C@@H]3CCCN3C)c3cc(CCC(=O)N4CCC4)n([C@H]4[C@H]5CN[C@@H]4C5)c32)c(F)c1-c1cccc2ccc(F)c(F)c12. The van der Waals surface area contributed by atoms with E-state index in [0.717, 1.165) is 74.5 Å². The molecule has 3 aromatic carbocycles. The maximum absolute atomic E-state index is 17.7. The summed E-state index contributed by atoms with van der Waals surface area (Å²) in [7, 11) is 2.08. The van der Waals surface area contributed by atoms with E-state index in [4.69, 9.17) is 9.72 Å². The molecule has 1 N–H and O–H groups in total. The Balaban J connectivity index is 1.32. The van der Waals surface area contributed by atoms with E-state index in [0.29, 0.717) is 41.0 Å². The number of aryl methyl sites for hydroxylation is 1. The fourth-order valence-corrected chi connectivity index (χ4v) is 9.53. The summed E-state index contributed by atoms with van der Waals surface area (Å²) in [5, 5.41) is 15.5. The van der Waals surface area contributed by atoms with Crippen molar-refractivity contribution >= 4 is 38.5 Å². The lowest BCUT2D eigenvalue weighted by Crippen LogP contribution is -2.42. The molecular weight excluding hydrogens is 677 g/mol. The Morgan fingerprint density at radius 2 is 1.91 bits per heavy atom. The number of nitriles is 1. The second-order valence-electron chi connectivity index (χ2n) is 15.6. The van der Waals surface area contributed by atoms with E-state index in [1.165, 1.54) is 6.07 Å². The average Bonchev–Trinajstić information content (AvgIpc) is 3.93. The maximum Gasteiger partial charge on any atom is 0.223 e. The summed E-state index contributed by atoms with van der Waals surface area (Å²) < 4.78 is 57.2. The van der Waals surface area contributed by atoms with Crippen LogP contribution in [0.1, 0.15) is 69.2 Å². The Morgan fingerprint density at radius 1 is 1.08 bits per heavy atom. The van der Waals surface area contributed by atoms with Crippen LogP contribution in [0.2, 0.25) is 0 Å². The number of amides is 1. The highest BCUT2D eigenvalue weighted by atomic mass is 19.2. The zero-order chi connectivity index (χ0) is 36.7. The molecule has 4 aliphatic heterocycles. The molecule has 2 bridgehead atoms. The van der Waals surface area contributed by atoms with Crippen LogP contribution in [0.3, 0.4) is 0 Å². The number of likely N-dealkylation sites (tertiary alicyclic amines) is 2. The first-order chi connectivity index (χ1) is 25.6. The first-order valence-corrected chi connectivity index (χ1v) is 19.0. The van der Waals surface area contributed by atoms with Crippen molar-refractivity contribution in [3.8, 4) is 23.1 Å². The molecule has 11 heteroatoms. The van der Waals surface area contributed by atoms with Crippen molar-refractivity contribution in [1.29, 1.82) is 5.26 Å². The minimum absolute atomic E-state index is 0.0203. The molecule has 4 saturated heterocycles. The van der Waals surface area contributed by atoms with Crippen LogP contribution in [0.25, 0.3) is 43.7 Å². The Labute approximate surface area is 306 Å². The number of rotatable bonds is 9. The van der Waals surface area contributed by atoms with E-state index < -0.39 is 23.4 Å². The standard InChI is InChI=1S/C42H43F3N6O2/c1-22(20-46)28-19-29-39(38(45)36(28)27-8-4-7-24-10-12-31(43)37(44)35(24)27)48-42(53-23(2)33-9-5-14-49(33)3)30-18-26(11-13-34(52)50-15-6-16-50)51(41(29)30)40-25-17-32(40)47-21-25/h4,7-8,10,12,18-19,22-23,25,32-33,40,47H,5-6,9,11,13-17,21H2,1-3H3/t22?,23-,25+,32+,33-,40-/m0/s1. The number of nitrogens with one attached hydrogen (secondary N) is 1. The third kappa shape index (κ3) is 5.39. The van der Waals surface area contributed by atoms with E-state index in [-0.39, 0.29) is 52.2 Å². The second-order valence-corrected chi connectivity index (χ2v) is 15.6. The van der Waals surface area contributed by atoms with Crippen LogP contribution < -0.4 is 10.1 Å². The number of hydrogen-bond acceptors (Lipinski definition) is 6. The maximum atomic E-state index is 17.7. The summed E-state index contributed by atoms with van der Waals surface area (Å²) in [6.45, 7) is 7.12. The summed E-state index contributed by atoms with van der Waals surface area (Å²) in [6, 6.07) is 14.1. The smallest absolute Gasteiger partial charge is 0.223 e. The van der Waals surface area contributed by atoms with E-state index in [1.807, 2.05) is 17.9 Å². The van der Waals surface area contributed by atoms with Crippen LogP contribution in [0.15, 0.2) is 42.5 Å². The molecule has 1 amide bonds. The van der Waals surface area contributed by atoms with Crippen LogP contribution in [0.4, 0.5) is 13.2 Å². The van der Waals surface area contributed by atoms with Crippen LogP contribution >= 0.6 is 0 Å². The van der Waals surface area contributed by atoms with Gasteiger partial charge in [-0.05, 0) is 100 Å². The van der Waals surface area contributed by atoms with Gasteiger partial charge in [0, 0.05) is 60.2 Å². The molecule has 6 heterocycles. The Bertz CT molecular complexity index is 2330. The molecule has 6 atom stereocenters. The summed E-state index contributed by atoms with van der Waals surface area (Å²) in [4.78, 5) is 22.3. The summed E-state index contributed by atoms with van der Waals surface area (Å²) >= 11 is 0. The molecule has 5 aromatic rings. The fraction of sp³-hybridized carbons (Fsp3) is 0.452. The van der Waals surface area contributed by atoms with Gasteiger partial charge in [0.25, 0.3) is 0 Å². The summed E-state index contributed by atoms with van der Waals surface area (Å²) in [5.74, 6) is -2.83. The van der Waals surface area contributed by atoms with Crippen LogP contribution in [-0.4, -0.2) is 76.7 Å². The average molecular weight is 721 g/mol. The number of ether oxygens (including phenoxy) is 1. The number of carbonyl (C=O) groups is 1. The molecule has 1 unspecified atom stereocenters. The zero-order valence-electron chi connectivity index (χ0n) is 30.3. The van der Waals surface area contributed by atoms with Gasteiger partial charge in [0.1, 0.15) is 11.6 Å². The number of nitrogens with zero attached hydrogens (tertiary/aromatic N) is 5. The Morgan fingerprint density at radius 3 is 2.58 bits per heavy atom. The second kappa shape index (κ2) is 13.0. The minimum atomic E-state index is -1.07. The van der Waals surface area contributed by atoms with Gasteiger partial charge in [0.05, 0.1) is 28.9 Å². The lowest BCUT2D eigenvalue weighted by Gasteiger charge is -2.38. The fourth-order valence-electron chi connectivity index (χ4n) is 9.53. The monoisotopic (exact) mass is 720 g/mol. The van der Waals surface area contributed by atoms with Gasteiger partial charge in [-0.3, -0.25) is 9.69 Å². The molecule has 53 heavy (non-hydrogen) atoms. The first-order valence-electron chi connectivity index (χ1n) is 19.0. The lowest BCUT2D eigenvalue weighted by atomic mass is 9.79. The number of benzene rings is 3. The van der Waals surface area contributed by atoms with Crippen LogP contribution in [0, 0.1) is 34.7 Å². The van der Waals surface area contributed by atoms with E-state index >= 15 is 8.78 Å². The number of fused-ring (bicyclic) bond motifs is 5. The van der Waals surface area contributed by atoms with Crippen LogP contribution in [-0.2, 0) is 11.2 Å². The number of hydrogen-bond donors (Lipinski definition) is 1. The highest BCUT2D eigenvalue weighted by molar-refractivity contribution is 6.10.